The van der Waals surface area contributed by atoms with Crippen LogP contribution in [0.3, 0.4) is 0 Å². The molecule has 0 N–H and O–H groups in total. The summed E-state index contributed by atoms with van der Waals surface area (Å²) in [4.78, 5) is 39.4. The van der Waals surface area contributed by atoms with Crippen LogP contribution in [0.15, 0.2) is 199 Å². The summed E-state index contributed by atoms with van der Waals surface area (Å²) < 4.78 is 6.23. The molecule has 13 aromatic rings. The fourth-order valence-corrected chi connectivity index (χ4v) is 9.07. The summed E-state index contributed by atoms with van der Waals surface area (Å²) in [6.45, 7) is 0. The van der Waals surface area contributed by atoms with Crippen LogP contribution in [0.2, 0.25) is 0 Å². The van der Waals surface area contributed by atoms with E-state index in [9.17, 15) is 0 Å². The number of benzene rings is 6. The van der Waals surface area contributed by atoms with Crippen LogP contribution in [0, 0.1) is 0 Å². The van der Waals surface area contributed by atoms with Crippen molar-refractivity contribution in [2.24, 2.45) is 0 Å². The first-order chi connectivity index (χ1) is 32.2. The molecule has 0 saturated carbocycles. The van der Waals surface area contributed by atoms with Gasteiger partial charge >= 0.3 is 0 Å². The normalized spacial score (nSPS) is 11.7. The summed E-state index contributed by atoms with van der Waals surface area (Å²) in [6, 6.07) is 53.8. The molecule has 0 aliphatic carbocycles. The van der Waals surface area contributed by atoms with E-state index in [-0.39, 0.29) is 0 Å². The van der Waals surface area contributed by atoms with E-state index in [0.717, 1.165) is 116 Å². The molecule has 0 amide bonds. The second kappa shape index (κ2) is 14.8. The SMILES string of the molecule is c1cncc(-c2ccc(-c3nc(-c4cc(-c5cc6cccnc6c6ncccc56)cc(-c5cc6cccnc6c6ncccc56)c4)nc(-c4ccc5oc6ccccc6c5c4)n3)cc2)c1. The largest absolute Gasteiger partial charge is 0.456 e. The molecule has 0 bridgehead atoms. The molecule has 0 fully saturated rings. The lowest BCUT2D eigenvalue weighted by Crippen LogP contribution is -2.01. The van der Waals surface area contributed by atoms with Crippen LogP contribution >= 0.6 is 0 Å². The Morgan fingerprint density at radius 1 is 0.308 bits per heavy atom. The molecule has 7 aromatic heterocycles. The summed E-state index contributed by atoms with van der Waals surface area (Å²) in [5.41, 5.74) is 13.6. The summed E-state index contributed by atoms with van der Waals surface area (Å²) in [7, 11) is 0. The zero-order valence-corrected chi connectivity index (χ0v) is 34.5. The minimum absolute atomic E-state index is 0.524. The molecule has 0 saturated heterocycles. The third kappa shape index (κ3) is 6.25. The minimum atomic E-state index is 0.524. The summed E-state index contributed by atoms with van der Waals surface area (Å²) in [5.74, 6) is 1.61. The molecule has 0 unspecified atom stereocenters. The van der Waals surface area contributed by atoms with Gasteiger partial charge in [0.15, 0.2) is 17.5 Å². The molecule has 0 atom stereocenters. The second-order valence-electron chi connectivity index (χ2n) is 16.0. The molecule has 0 aliphatic rings. The summed E-state index contributed by atoms with van der Waals surface area (Å²) in [5, 5.41) is 5.98. The Hall–Kier alpha value is -9.08. The van der Waals surface area contributed by atoms with Crippen LogP contribution in [0.25, 0.3) is 133 Å². The number of para-hydroxylation sites is 1. The van der Waals surface area contributed by atoms with E-state index in [2.05, 4.69) is 102 Å². The van der Waals surface area contributed by atoms with Crippen LogP contribution in [0.1, 0.15) is 0 Å². The van der Waals surface area contributed by atoms with Crippen molar-refractivity contribution in [1.82, 2.24) is 39.9 Å². The van der Waals surface area contributed by atoms with Gasteiger partial charge in [0.25, 0.3) is 0 Å². The van der Waals surface area contributed by atoms with Crippen LogP contribution < -0.4 is 0 Å². The van der Waals surface area contributed by atoms with Gasteiger partial charge in [-0.25, -0.2) is 15.0 Å². The first-order valence-corrected chi connectivity index (χ1v) is 21.3. The average molecular weight is 833 g/mol. The number of hydrogen-bond donors (Lipinski definition) is 0. The zero-order valence-electron chi connectivity index (χ0n) is 34.5. The van der Waals surface area contributed by atoms with Crippen molar-refractivity contribution < 1.29 is 4.42 Å². The van der Waals surface area contributed by atoms with E-state index in [1.807, 2.05) is 91.6 Å². The number of pyridine rings is 5. The highest BCUT2D eigenvalue weighted by Gasteiger charge is 2.20. The zero-order chi connectivity index (χ0) is 42.8. The molecule has 9 nitrogen and oxygen atoms in total. The monoisotopic (exact) mass is 832 g/mol. The highest BCUT2D eigenvalue weighted by atomic mass is 16.3. The van der Waals surface area contributed by atoms with Crippen molar-refractivity contribution in [3.63, 3.8) is 0 Å². The van der Waals surface area contributed by atoms with Crippen molar-refractivity contribution in [3.05, 3.63) is 195 Å². The first kappa shape index (κ1) is 36.6. The van der Waals surface area contributed by atoms with Crippen molar-refractivity contribution in [2.45, 2.75) is 0 Å². The minimum Gasteiger partial charge on any atom is -0.456 e. The van der Waals surface area contributed by atoms with Gasteiger partial charge in [-0.15, -0.1) is 0 Å². The highest BCUT2D eigenvalue weighted by Crippen LogP contribution is 2.41. The number of nitrogens with zero attached hydrogens (tertiary/aromatic N) is 8. The Morgan fingerprint density at radius 3 is 1.46 bits per heavy atom. The van der Waals surface area contributed by atoms with Crippen molar-refractivity contribution >= 4 is 65.6 Å². The molecule has 0 spiro atoms. The molecule has 7 heterocycles. The lowest BCUT2D eigenvalue weighted by Gasteiger charge is -2.16. The van der Waals surface area contributed by atoms with E-state index < -0.39 is 0 Å². The van der Waals surface area contributed by atoms with Gasteiger partial charge in [0.1, 0.15) is 11.2 Å². The van der Waals surface area contributed by atoms with Crippen LogP contribution in [0.5, 0.6) is 0 Å². The maximum absolute atomic E-state index is 6.23. The first-order valence-electron chi connectivity index (χ1n) is 21.3. The predicted octanol–water partition coefficient (Wildman–Crippen LogP) is 13.4. The van der Waals surface area contributed by atoms with Crippen molar-refractivity contribution in [1.29, 1.82) is 0 Å². The van der Waals surface area contributed by atoms with Crippen LogP contribution in [-0.4, -0.2) is 39.9 Å². The van der Waals surface area contributed by atoms with Gasteiger partial charge in [0, 0.05) is 86.2 Å². The van der Waals surface area contributed by atoms with Gasteiger partial charge in [0.05, 0.1) is 22.1 Å². The molecule has 65 heavy (non-hydrogen) atoms. The fraction of sp³-hybridized carbons (Fsp3) is 0. The standard InChI is InChI=1S/C56H32N8O/c1-2-14-48-42(11-1)47-31-37(19-20-49(47)65-48)55-62-54(34-17-15-33(16-18-34)38-10-3-21-57-32-38)63-56(64-55)41-27-39(45-29-35-8-4-22-58-50(35)52-43(45)12-6-24-60-52)26-40(28-41)46-30-36-9-5-23-59-51(36)53-44(46)13-7-25-61-53/h1-32H. The van der Waals surface area contributed by atoms with E-state index in [0.29, 0.717) is 17.5 Å². The van der Waals surface area contributed by atoms with E-state index in [1.165, 1.54) is 0 Å². The topological polar surface area (TPSA) is 116 Å². The number of fused-ring (bicyclic) bond motifs is 9. The summed E-state index contributed by atoms with van der Waals surface area (Å²) in [6.07, 6.45) is 10.9. The maximum atomic E-state index is 6.23. The van der Waals surface area contributed by atoms with Gasteiger partial charge in [-0.05, 0) is 118 Å². The molecule has 302 valence electrons. The molecular weight excluding hydrogens is 801 g/mol. The third-order valence-corrected chi connectivity index (χ3v) is 12.1. The molecule has 0 aliphatic heterocycles. The second-order valence-corrected chi connectivity index (χ2v) is 16.0. The number of aromatic nitrogens is 8. The van der Waals surface area contributed by atoms with E-state index >= 15 is 0 Å². The Bertz CT molecular complexity index is 3880. The van der Waals surface area contributed by atoms with Gasteiger partial charge in [-0.3, -0.25) is 24.9 Å². The Balaban J connectivity index is 1.08. The van der Waals surface area contributed by atoms with Crippen molar-refractivity contribution in [2.75, 3.05) is 0 Å². The summed E-state index contributed by atoms with van der Waals surface area (Å²) >= 11 is 0. The number of furan rings is 1. The molecule has 13 rings (SSSR count). The average Bonchev–Trinajstić information content (AvgIpc) is 3.76. The molecule has 0 radical (unpaired) electrons. The smallest absolute Gasteiger partial charge is 0.164 e. The molecule has 6 aromatic carbocycles. The lowest BCUT2D eigenvalue weighted by molar-refractivity contribution is 0.669. The third-order valence-electron chi connectivity index (χ3n) is 12.1. The van der Waals surface area contributed by atoms with Crippen molar-refractivity contribution in [3.8, 4) is 67.5 Å². The number of hydrogen-bond acceptors (Lipinski definition) is 9. The van der Waals surface area contributed by atoms with Gasteiger partial charge in [-0.1, -0.05) is 72.8 Å². The molecular formula is C56H32N8O. The lowest BCUT2D eigenvalue weighted by atomic mass is 9.91. The van der Waals surface area contributed by atoms with Crippen LogP contribution in [0.4, 0.5) is 0 Å². The van der Waals surface area contributed by atoms with E-state index in [1.54, 1.807) is 6.20 Å². The number of rotatable bonds is 6. The Morgan fingerprint density at radius 2 is 0.815 bits per heavy atom. The Labute approximate surface area is 370 Å². The fourth-order valence-electron chi connectivity index (χ4n) is 9.07. The van der Waals surface area contributed by atoms with Crippen LogP contribution in [-0.2, 0) is 0 Å². The highest BCUT2D eigenvalue weighted by molar-refractivity contribution is 6.13. The quantitative estimate of drug-likeness (QED) is 0.151. The predicted molar refractivity (Wildman–Crippen MR) is 259 cm³/mol. The van der Waals surface area contributed by atoms with Gasteiger partial charge in [0.2, 0.25) is 0 Å². The maximum Gasteiger partial charge on any atom is 0.164 e. The van der Waals surface area contributed by atoms with E-state index in [4.69, 9.17) is 39.3 Å². The Kier molecular flexibility index (Phi) is 8.32. The van der Waals surface area contributed by atoms with Gasteiger partial charge in [-0.2, -0.15) is 0 Å². The van der Waals surface area contributed by atoms with Gasteiger partial charge < -0.3 is 4.42 Å². The molecule has 9 heteroatoms.